The average molecular weight is 1050 g/mol. The van der Waals surface area contributed by atoms with Crippen LogP contribution in [0.5, 0.6) is 0 Å². The van der Waals surface area contributed by atoms with Gasteiger partial charge in [0.05, 0.1) is 0 Å². The molecule has 0 bridgehead atoms. The third-order valence-electron chi connectivity index (χ3n) is 13.9. The van der Waals surface area contributed by atoms with E-state index in [2.05, 4.69) is 106 Å². The molecule has 6 nitrogen and oxygen atoms in total. The monoisotopic (exact) mass is 1040 g/mol. The lowest BCUT2D eigenvalue weighted by Crippen LogP contribution is -2.30. The lowest BCUT2D eigenvalue weighted by Gasteiger charge is -2.18. The Bertz CT molecular complexity index is 1430. The van der Waals surface area contributed by atoms with Crippen LogP contribution in [0.1, 0.15) is 316 Å². The van der Waals surface area contributed by atoms with Gasteiger partial charge in [-0.15, -0.1) is 0 Å². The molecule has 0 aromatic heterocycles. The number of ether oxygens (including phenoxy) is 3. The van der Waals surface area contributed by atoms with Gasteiger partial charge in [0.25, 0.3) is 0 Å². The summed E-state index contributed by atoms with van der Waals surface area (Å²) >= 11 is 0. The fourth-order valence-corrected chi connectivity index (χ4v) is 9.05. The standard InChI is InChI=1S/C69H120O6/c1-4-7-10-13-16-19-22-25-28-30-31-32-33-34-35-36-37-39-41-44-47-50-53-56-59-62-68(71)74-65-66(64-73-67(70)61-58-55-52-49-46-43-40-27-24-21-18-15-12-9-6-3)75-69(72)63-60-57-54-51-48-45-42-38-29-26-23-20-17-14-11-8-5-2/h9,12,18,21-22,25-27,29-31,40,46,49,66H,4-8,10-11,13-17,19-20,23-24,28,32-39,41-45,47-48,50-65H2,1-3H3/b12-9-,21-18-,25-22-,29-26-,31-30-,40-27-,49-46-. The second-order valence-corrected chi connectivity index (χ2v) is 21.3. The highest BCUT2D eigenvalue weighted by Gasteiger charge is 2.19. The smallest absolute Gasteiger partial charge is 0.306 e. The van der Waals surface area contributed by atoms with Gasteiger partial charge in [0.2, 0.25) is 0 Å². The number of rotatable bonds is 58. The fraction of sp³-hybridized carbons (Fsp3) is 0.754. The van der Waals surface area contributed by atoms with Crippen LogP contribution >= 0.6 is 0 Å². The van der Waals surface area contributed by atoms with Crippen molar-refractivity contribution in [2.75, 3.05) is 13.2 Å². The molecule has 6 heteroatoms. The van der Waals surface area contributed by atoms with Crippen molar-refractivity contribution in [1.82, 2.24) is 0 Å². The molecular weight excluding hydrogens is 925 g/mol. The SMILES string of the molecule is CC/C=C\C/C=C\C/C=C\C/C=C\CCCCC(=O)OCC(COC(=O)CCCCCCCCCCCCCCC/C=C\C/C=C\CCCCCCC)OC(=O)CCCCCCCCC/C=C\CCCCCCCC. The lowest BCUT2D eigenvalue weighted by atomic mass is 10.0. The number of hydrogen-bond donors (Lipinski definition) is 0. The maximum absolute atomic E-state index is 12.9. The maximum atomic E-state index is 12.9. The normalized spacial score (nSPS) is 12.6. The second kappa shape index (κ2) is 63.1. The van der Waals surface area contributed by atoms with Crippen LogP contribution in [0.3, 0.4) is 0 Å². The van der Waals surface area contributed by atoms with Crippen LogP contribution in [0, 0.1) is 0 Å². The van der Waals surface area contributed by atoms with Crippen LogP contribution in [0.15, 0.2) is 85.1 Å². The molecule has 1 unspecified atom stereocenters. The zero-order chi connectivity index (χ0) is 54.3. The molecule has 0 spiro atoms. The molecule has 0 aliphatic rings. The third-order valence-corrected chi connectivity index (χ3v) is 13.9. The molecule has 0 rings (SSSR count). The average Bonchev–Trinajstić information content (AvgIpc) is 3.41. The van der Waals surface area contributed by atoms with Crippen LogP contribution in [-0.4, -0.2) is 37.2 Å². The van der Waals surface area contributed by atoms with Crippen molar-refractivity contribution in [1.29, 1.82) is 0 Å². The third kappa shape index (κ3) is 61.3. The first-order chi connectivity index (χ1) is 37.0. The predicted molar refractivity (Wildman–Crippen MR) is 325 cm³/mol. The number of esters is 3. The van der Waals surface area contributed by atoms with Gasteiger partial charge < -0.3 is 14.2 Å². The van der Waals surface area contributed by atoms with Crippen molar-refractivity contribution < 1.29 is 28.6 Å². The van der Waals surface area contributed by atoms with Gasteiger partial charge in [0.1, 0.15) is 13.2 Å². The minimum atomic E-state index is -0.797. The van der Waals surface area contributed by atoms with E-state index < -0.39 is 6.10 Å². The molecular formula is C69H120O6. The summed E-state index contributed by atoms with van der Waals surface area (Å²) in [6.07, 6.45) is 83.1. The Morgan fingerprint density at radius 1 is 0.280 bits per heavy atom. The summed E-state index contributed by atoms with van der Waals surface area (Å²) < 4.78 is 16.9. The summed E-state index contributed by atoms with van der Waals surface area (Å²) in [5.41, 5.74) is 0. The summed E-state index contributed by atoms with van der Waals surface area (Å²) in [6.45, 7) is 6.50. The van der Waals surface area contributed by atoms with E-state index in [1.54, 1.807) is 0 Å². The molecule has 75 heavy (non-hydrogen) atoms. The highest BCUT2D eigenvalue weighted by molar-refractivity contribution is 5.71. The van der Waals surface area contributed by atoms with Gasteiger partial charge >= 0.3 is 17.9 Å². The van der Waals surface area contributed by atoms with E-state index in [1.165, 1.54) is 186 Å². The summed E-state index contributed by atoms with van der Waals surface area (Å²) in [5, 5.41) is 0. The van der Waals surface area contributed by atoms with Crippen molar-refractivity contribution in [2.45, 2.75) is 322 Å². The minimum absolute atomic E-state index is 0.0906. The van der Waals surface area contributed by atoms with Crippen molar-refractivity contribution in [3.05, 3.63) is 85.1 Å². The van der Waals surface area contributed by atoms with E-state index in [0.717, 1.165) is 89.9 Å². The zero-order valence-electron chi connectivity index (χ0n) is 49.6. The van der Waals surface area contributed by atoms with Crippen molar-refractivity contribution in [2.24, 2.45) is 0 Å². The predicted octanol–water partition coefficient (Wildman–Crippen LogP) is 21.9. The maximum Gasteiger partial charge on any atom is 0.306 e. The van der Waals surface area contributed by atoms with Gasteiger partial charge in [-0.05, 0) is 116 Å². The van der Waals surface area contributed by atoms with Gasteiger partial charge in [-0.25, -0.2) is 0 Å². The minimum Gasteiger partial charge on any atom is -0.462 e. The Morgan fingerprint density at radius 3 is 0.853 bits per heavy atom. The van der Waals surface area contributed by atoms with Crippen molar-refractivity contribution in [3.8, 4) is 0 Å². The van der Waals surface area contributed by atoms with E-state index in [4.69, 9.17) is 14.2 Å². The molecule has 0 aliphatic heterocycles. The molecule has 0 amide bonds. The molecule has 0 heterocycles. The summed E-state index contributed by atoms with van der Waals surface area (Å²) in [7, 11) is 0. The Morgan fingerprint density at radius 2 is 0.520 bits per heavy atom. The van der Waals surface area contributed by atoms with Gasteiger partial charge in [0, 0.05) is 19.3 Å². The molecule has 0 saturated carbocycles. The molecule has 0 aromatic rings. The number of carbonyl (C=O) groups is 3. The van der Waals surface area contributed by atoms with Gasteiger partial charge in [0.15, 0.2) is 6.10 Å². The van der Waals surface area contributed by atoms with Crippen LogP contribution in [0.2, 0.25) is 0 Å². The first-order valence-corrected chi connectivity index (χ1v) is 32.1. The number of unbranched alkanes of at least 4 members (excludes halogenated alkanes) is 33. The van der Waals surface area contributed by atoms with E-state index in [-0.39, 0.29) is 31.1 Å². The number of allylic oxidation sites excluding steroid dienone is 14. The number of carbonyl (C=O) groups excluding carboxylic acids is 3. The van der Waals surface area contributed by atoms with Gasteiger partial charge in [-0.3, -0.25) is 14.4 Å². The second-order valence-electron chi connectivity index (χ2n) is 21.3. The van der Waals surface area contributed by atoms with Gasteiger partial charge in [-0.1, -0.05) is 266 Å². The molecule has 0 saturated heterocycles. The Kier molecular flexibility index (Phi) is 60.3. The van der Waals surface area contributed by atoms with E-state index >= 15 is 0 Å². The van der Waals surface area contributed by atoms with Crippen molar-refractivity contribution >= 4 is 17.9 Å². The topological polar surface area (TPSA) is 78.9 Å². The largest absolute Gasteiger partial charge is 0.462 e. The Labute approximate surface area is 465 Å². The molecule has 0 aromatic carbocycles. The quantitative estimate of drug-likeness (QED) is 0.0261. The summed E-state index contributed by atoms with van der Waals surface area (Å²) in [4.78, 5) is 38.3. The molecule has 0 fully saturated rings. The van der Waals surface area contributed by atoms with Gasteiger partial charge in [-0.2, -0.15) is 0 Å². The molecule has 0 radical (unpaired) electrons. The molecule has 0 N–H and O–H groups in total. The first-order valence-electron chi connectivity index (χ1n) is 32.1. The van der Waals surface area contributed by atoms with Crippen LogP contribution in [0.4, 0.5) is 0 Å². The lowest BCUT2D eigenvalue weighted by molar-refractivity contribution is -0.167. The van der Waals surface area contributed by atoms with E-state index in [1.807, 2.05) is 0 Å². The highest BCUT2D eigenvalue weighted by Crippen LogP contribution is 2.16. The molecule has 432 valence electrons. The van der Waals surface area contributed by atoms with Crippen LogP contribution in [0.25, 0.3) is 0 Å². The summed E-state index contributed by atoms with van der Waals surface area (Å²) in [6, 6.07) is 0. The summed E-state index contributed by atoms with van der Waals surface area (Å²) in [5.74, 6) is -0.928. The van der Waals surface area contributed by atoms with E-state index in [0.29, 0.717) is 19.3 Å². The van der Waals surface area contributed by atoms with Crippen LogP contribution < -0.4 is 0 Å². The molecule has 1 atom stereocenters. The fourth-order valence-electron chi connectivity index (χ4n) is 9.05. The number of hydrogen-bond acceptors (Lipinski definition) is 6. The first kappa shape index (κ1) is 71.6. The Balaban J connectivity index is 4.34. The highest BCUT2D eigenvalue weighted by atomic mass is 16.6. The van der Waals surface area contributed by atoms with Crippen molar-refractivity contribution in [3.63, 3.8) is 0 Å². The van der Waals surface area contributed by atoms with E-state index in [9.17, 15) is 14.4 Å². The zero-order valence-corrected chi connectivity index (χ0v) is 49.6. The molecule has 0 aliphatic carbocycles. The van der Waals surface area contributed by atoms with Crippen LogP contribution in [-0.2, 0) is 28.6 Å². The Hall–Kier alpha value is -3.41.